The van der Waals surface area contributed by atoms with Gasteiger partial charge in [0.2, 0.25) is 0 Å². The molecule has 0 fully saturated rings. The van der Waals surface area contributed by atoms with Crippen LogP contribution in [0, 0.1) is 12.4 Å². The van der Waals surface area contributed by atoms with Crippen LogP contribution in [0.1, 0.15) is 32.3 Å². The number of ether oxygens (including phenoxy) is 2. The summed E-state index contributed by atoms with van der Waals surface area (Å²) in [6, 6.07) is 3.52. The first-order chi connectivity index (χ1) is 12.3. The van der Waals surface area contributed by atoms with Gasteiger partial charge in [0.1, 0.15) is 11.7 Å². The number of rotatable bonds is 5. The van der Waals surface area contributed by atoms with Crippen LogP contribution in [0.15, 0.2) is 38.9 Å². The Labute approximate surface area is 160 Å². The van der Waals surface area contributed by atoms with Crippen LogP contribution in [0.3, 0.4) is 0 Å². The van der Waals surface area contributed by atoms with Crippen LogP contribution in [-0.2, 0) is 14.3 Å². The van der Waals surface area contributed by atoms with Gasteiger partial charge < -0.3 is 14.3 Å². The molecule has 0 saturated carbocycles. The van der Waals surface area contributed by atoms with Crippen LogP contribution in [0.5, 0.6) is 0 Å². The van der Waals surface area contributed by atoms with Gasteiger partial charge in [0.15, 0.2) is 0 Å². The summed E-state index contributed by atoms with van der Waals surface area (Å²) in [6.07, 6.45) is -0.325. The van der Waals surface area contributed by atoms with Crippen molar-refractivity contribution < 1.29 is 18.7 Å². The molecule has 0 radical (unpaired) electrons. The molecule has 0 N–H and O–H groups in total. The van der Waals surface area contributed by atoms with E-state index in [4.69, 9.17) is 16.0 Å². The lowest BCUT2D eigenvalue weighted by Crippen LogP contribution is -2.34. The molecule has 0 aromatic heterocycles. The third-order valence-corrected chi connectivity index (χ3v) is 4.64. The molecule has 2 unspecified atom stereocenters. The van der Waals surface area contributed by atoms with Crippen molar-refractivity contribution >= 4 is 27.6 Å². The van der Waals surface area contributed by atoms with Crippen LogP contribution in [0.25, 0.3) is 4.85 Å². The predicted octanol–water partition coefficient (Wildman–Crippen LogP) is 4.29. The smallest absolute Gasteiger partial charge is 0.337 e. The standard InChI is InChI=1S/C19H20BrFN2O3/c1-10(2)26-19(24)17-15(9-25-5)23-11(3)18(22-4)16(17)13-7-6-12(21)8-14(13)20/h6-8,10,16,18H,9H2,1-3,5H3. The molecule has 0 spiro atoms. The fourth-order valence-electron chi connectivity index (χ4n) is 2.93. The number of aliphatic imine (C=N–C) groups is 1. The monoisotopic (exact) mass is 422 g/mol. The molecular weight excluding hydrogens is 403 g/mol. The van der Waals surface area contributed by atoms with E-state index in [9.17, 15) is 9.18 Å². The van der Waals surface area contributed by atoms with Gasteiger partial charge in [-0.1, -0.05) is 22.0 Å². The molecule has 0 saturated heterocycles. The summed E-state index contributed by atoms with van der Waals surface area (Å²) in [5.41, 5.74) is 1.91. The fourth-order valence-corrected chi connectivity index (χ4v) is 3.53. The van der Waals surface area contributed by atoms with E-state index in [0.717, 1.165) is 0 Å². The number of carbonyl (C=O) groups is 1. The molecule has 5 nitrogen and oxygen atoms in total. The fraction of sp³-hybridized carbons (Fsp3) is 0.421. The first-order valence-electron chi connectivity index (χ1n) is 8.09. The van der Waals surface area contributed by atoms with Crippen LogP contribution in [0.2, 0.25) is 0 Å². The lowest BCUT2D eigenvalue weighted by molar-refractivity contribution is -0.143. The number of nitrogens with zero attached hydrogens (tertiary/aromatic N) is 2. The minimum atomic E-state index is -0.688. The molecule has 1 heterocycles. The van der Waals surface area contributed by atoms with E-state index in [0.29, 0.717) is 21.4 Å². The third-order valence-electron chi connectivity index (χ3n) is 3.96. The van der Waals surface area contributed by atoms with Gasteiger partial charge in [-0.3, -0.25) is 4.99 Å². The first kappa shape index (κ1) is 20.3. The van der Waals surface area contributed by atoms with Gasteiger partial charge in [-0.05, 0) is 38.5 Å². The summed E-state index contributed by atoms with van der Waals surface area (Å²) in [4.78, 5) is 20.9. The highest BCUT2D eigenvalue weighted by atomic mass is 79.9. The minimum absolute atomic E-state index is 0.111. The van der Waals surface area contributed by atoms with Gasteiger partial charge in [-0.2, -0.15) is 0 Å². The Bertz CT molecular complexity index is 811. The topological polar surface area (TPSA) is 52.2 Å². The van der Waals surface area contributed by atoms with Crippen molar-refractivity contribution in [2.24, 2.45) is 4.99 Å². The largest absolute Gasteiger partial charge is 0.460 e. The van der Waals surface area contributed by atoms with Crippen molar-refractivity contribution in [2.75, 3.05) is 13.7 Å². The second-order valence-electron chi connectivity index (χ2n) is 6.22. The average molecular weight is 423 g/mol. The van der Waals surface area contributed by atoms with E-state index in [1.165, 1.54) is 19.2 Å². The molecule has 0 amide bonds. The number of benzene rings is 1. The maximum absolute atomic E-state index is 13.6. The second kappa shape index (κ2) is 8.56. The van der Waals surface area contributed by atoms with Crippen molar-refractivity contribution in [3.05, 3.63) is 56.7 Å². The summed E-state index contributed by atoms with van der Waals surface area (Å²) >= 11 is 3.36. The maximum atomic E-state index is 13.6. The van der Waals surface area contributed by atoms with Crippen LogP contribution in [0.4, 0.5) is 4.39 Å². The van der Waals surface area contributed by atoms with E-state index >= 15 is 0 Å². The molecule has 2 rings (SSSR count). The van der Waals surface area contributed by atoms with E-state index in [-0.39, 0.29) is 18.3 Å². The number of esters is 1. The van der Waals surface area contributed by atoms with E-state index in [2.05, 4.69) is 25.8 Å². The van der Waals surface area contributed by atoms with Crippen LogP contribution in [-0.4, -0.2) is 37.5 Å². The highest BCUT2D eigenvalue weighted by Crippen LogP contribution is 2.40. The molecule has 7 heteroatoms. The Balaban J connectivity index is 2.70. The van der Waals surface area contributed by atoms with E-state index in [1.807, 2.05) is 0 Å². The van der Waals surface area contributed by atoms with Gasteiger partial charge in [0, 0.05) is 11.6 Å². The Kier molecular flexibility index (Phi) is 6.68. The Morgan fingerprint density at radius 1 is 1.46 bits per heavy atom. The summed E-state index contributed by atoms with van der Waals surface area (Å²) < 4.78 is 24.6. The highest BCUT2D eigenvalue weighted by molar-refractivity contribution is 9.10. The zero-order valence-corrected chi connectivity index (χ0v) is 16.6. The first-order valence-corrected chi connectivity index (χ1v) is 8.89. The van der Waals surface area contributed by atoms with Crippen LogP contribution < -0.4 is 0 Å². The molecule has 0 bridgehead atoms. The molecule has 0 aliphatic carbocycles. The lowest BCUT2D eigenvalue weighted by Gasteiger charge is -2.28. The van der Waals surface area contributed by atoms with Gasteiger partial charge in [-0.15, -0.1) is 0 Å². The van der Waals surface area contributed by atoms with Crippen molar-refractivity contribution in [1.82, 2.24) is 0 Å². The molecule has 1 aliphatic rings. The molecule has 1 aromatic rings. The number of halogens is 2. The lowest BCUT2D eigenvalue weighted by atomic mass is 9.80. The van der Waals surface area contributed by atoms with Crippen molar-refractivity contribution in [3.8, 4) is 0 Å². The van der Waals surface area contributed by atoms with Gasteiger partial charge in [0.25, 0.3) is 6.04 Å². The van der Waals surface area contributed by atoms with Crippen LogP contribution >= 0.6 is 15.9 Å². The highest BCUT2D eigenvalue weighted by Gasteiger charge is 2.43. The zero-order valence-electron chi connectivity index (χ0n) is 15.0. The summed E-state index contributed by atoms with van der Waals surface area (Å²) in [5, 5.41) is 0. The number of methoxy groups -OCH3 is 1. The maximum Gasteiger partial charge on any atom is 0.337 e. The normalized spacial score (nSPS) is 20.0. The molecule has 1 aliphatic heterocycles. The predicted molar refractivity (Wildman–Crippen MR) is 100 cm³/mol. The summed E-state index contributed by atoms with van der Waals surface area (Å²) in [5.74, 6) is -1.58. The Hall–Kier alpha value is -2.04. The zero-order chi connectivity index (χ0) is 19.4. The van der Waals surface area contributed by atoms with Gasteiger partial charge >= 0.3 is 5.97 Å². The Morgan fingerprint density at radius 2 is 2.15 bits per heavy atom. The number of hydrogen-bond acceptors (Lipinski definition) is 4. The van der Waals surface area contributed by atoms with Crippen molar-refractivity contribution in [3.63, 3.8) is 0 Å². The second-order valence-corrected chi connectivity index (χ2v) is 7.07. The molecule has 26 heavy (non-hydrogen) atoms. The average Bonchev–Trinajstić information content (AvgIpc) is 2.54. The SMILES string of the molecule is [C-]#[N+]C1C(C)=NC(COC)=C(C(=O)OC(C)C)C1c1ccc(F)cc1Br. The third kappa shape index (κ3) is 4.19. The summed E-state index contributed by atoms with van der Waals surface area (Å²) in [6.45, 7) is 13.0. The number of carbonyl (C=O) groups excluding carboxylic acids is 1. The van der Waals surface area contributed by atoms with Gasteiger partial charge in [-0.25, -0.2) is 15.8 Å². The van der Waals surface area contributed by atoms with E-state index in [1.54, 1.807) is 26.8 Å². The van der Waals surface area contributed by atoms with Gasteiger partial charge in [0.05, 0.1) is 29.7 Å². The molecule has 138 valence electrons. The minimum Gasteiger partial charge on any atom is -0.460 e. The molecule has 1 aromatic carbocycles. The van der Waals surface area contributed by atoms with Crippen molar-refractivity contribution in [2.45, 2.75) is 38.8 Å². The number of hydrogen-bond donors (Lipinski definition) is 0. The summed E-state index contributed by atoms with van der Waals surface area (Å²) in [7, 11) is 1.51. The Morgan fingerprint density at radius 3 is 2.69 bits per heavy atom. The van der Waals surface area contributed by atoms with Crippen molar-refractivity contribution in [1.29, 1.82) is 0 Å². The van der Waals surface area contributed by atoms with E-state index < -0.39 is 23.7 Å². The molecule has 2 atom stereocenters. The quantitative estimate of drug-likeness (QED) is 0.525. The molecular formula is C19H20BrFN2O3.